The number of aromatic nitrogens is 6. The number of amides is 1. The van der Waals surface area contributed by atoms with Crippen LogP contribution in [0.5, 0.6) is 0 Å². The lowest BCUT2D eigenvalue weighted by atomic mass is 9.85. The standard InChI is InChI=1S/C34H40N4O5.C29H33N4O3.3ClH/c1-23-37(21-25-15-16-29-30(31(25)39)27-13-9-10-14-28(27)36(29)5)17-18-38(23)22-42-32(40)26(19-24-11-7-6-8-12-24)20-35-33(41)43-34(2,3)4;1-20-32(14-15-33(20)19-36-29(35)23(17-30)16-21-8-4-3-5-9-21)18-22-12-13-26-27(28(22)34)24-10-6-7-11-25(24)31(26)2;;;/h6-14,17-18,25-26H,15-16,19-22H2,1-5H3;3-11,14-15,22-23H,12-13,16-19,30H2,1-2H3;3*1H/q;+1;;;/p+1. The van der Waals surface area contributed by atoms with E-state index in [-0.39, 0.29) is 99.1 Å². The van der Waals surface area contributed by atoms with Crippen LogP contribution in [-0.2, 0) is 90.1 Å². The van der Waals surface area contributed by atoms with Gasteiger partial charge in [0.25, 0.3) is 11.6 Å². The van der Waals surface area contributed by atoms with Gasteiger partial charge in [0, 0.05) is 85.4 Å². The maximum Gasteiger partial charge on any atom is 0.407 e. The van der Waals surface area contributed by atoms with E-state index < -0.39 is 23.6 Å². The third kappa shape index (κ3) is 14.5. The number of nitrogens with zero attached hydrogens (tertiary/aromatic N) is 6. The maximum absolute atomic E-state index is 13.7. The molecule has 0 spiro atoms. The fraction of sp³-hybridized carbons (Fsp3) is 0.381. The highest BCUT2D eigenvalue weighted by atomic mass is 35.5. The minimum Gasteiger partial charge on any atom is -0.444 e. The van der Waals surface area contributed by atoms with Crippen molar-refractivity contribution in [3.63, 3.8) is 0 Å². The summed E-state index contributed by atoms with van der Waals surface area (Å²) in [7, 11) is 4.08. The van der Waals surface area contributed by atoms with E-state index in [2.05, 4.69) is 35.7 Å². The zero-order valence-corrected chi connectivity index (χ0v) is 50.2. The number of hydrogen-bond donors (Lipinski definition) is 2. The number of aryl methyl sites for hydroxylation is 2. The number of hydrogen-bond acceptors (Lipinski definition) is 9. The summed E-state index contributed by atoms with van der Waals surface area (Å²) < 4.78 is 28.9. The normalized spacial score (nSPS) is 15.3. The number of ketones is 2. The predicted octanol–water partition coefficient (Wildman–Crippen LogP) is 9.51. The van der Waals surface area contributed by atoms with Crippen LogP contribution in [0.3, 0.4) is 0 Å². The van der Waals surface area contributed by atoms with Crippen LogP contribution >= 0.6 is 37.2 Å². The molecule has 4 heterocycles. The van der Waals surface area contributed by atoms with Crippen molar-refractivity contribution in [2.45, 2.75) is 105 Å². The molecular weight excluding hydrogens is 1100 g/mol. The number of halogens is 3. The van der Waals surface area contributed by atoms with Crippen molar-refractivity contribution < 1.29 is 47.3 Å². The largest absolute Gasteiger partial charge is 0.444 e. The van der Waals surface area contributed by atoms with Gasteiger partial charge in [0.15, 0.2) is 11.6 Å². The monoisotopic (exact) mass is 1180 g/mol. The van der Waals surface area contributed by atoms with Crippen LogP contribution in [-0.4, -0.2) is 66.6 Å². The van der Waals surface area contributed by atoms with Crippen LogP contribution in [0, 0.1) is 37.5 Å². The number of imidazole rings is 2. The van der Waals surface area contributed by atoms with Crippen molar-refractivity contribution in [1.82, 2.24) is 23.6 Å². The third-order valence-electron chi connectivity index (χ3n) is 15.7. The van der Waals surface area contributed by atoms with Gasteiger partial charge in [0.2, 0.25) is 13.5 Å². The molecule has 0 saturated carbocycles. The lowest BCUT2D eigenvalue weighted by Crippen LogP contribution is -2.42. The van der Waals surface area contributed by atoms with E-state index in [4.69, 9.17) is 19.9 Å². The first-order valence-electron chi connectivity index (χ1n) is 27.4. The van der Waals surface area contributed by atoms with Crippen molar-refractivity contribution in [2.75, 3.05) is 13.1 Å². The van der Waals surface area contributed by atoms with Crippen molar-refractivity contribution >= 4 is 88.6 Å². The highest BCUT2D eigenvalue weighted by Gasteiger charge is 2.36. The second-order valence-corrected chi connectivity index (χ2v) is 22.0. The van der Waals surface area contributed by atoms with Gasteiger partial charge in [-0.25, -0.2) is 13.9 Å². The van der Waals surface area contributed by atoms with Gasteiger partial charge in [-0.05, 0) is 82.6 Å². The van der Waals surface area contributed by atoms with Gasteiger partial charge in [0.05, 0.1) is 23.7 Å². The van der Waals surface area contributed by atoms with Gasteiger partial charge in [0.1, 0.15) is 43.5 Å². The highest BCUT2D eigenvalue weighted by Crippen LogP contribution is 2.36. The Labute approximate surface area is 498 Å². The number of ether oxygens (including phenoxy) is 3. The summed E-state index contributed by atoms with van der Waals surface area (Å²) in [6.07, 6.45) is 11.4. The Balaban J connectivity index is 0.000000258. The van der Waals surface area contributed by atoms with Crippen LogP contribution in [0.25, 0.3) is 21.8 Å². The summed E-state index contributed by atoms with van der Waals surface area (Å²) in [5.41, 5.74) is 13.4. The van der Waals surface area contributed by atoms with Crippen molar-refractivity contribution in [3.8, 4) is 0 Å². The topological polar surface area (TPSA) is 179 Å². The summed E-state index contributed by atoms with van der Waals surface area (Å²) in [6.45, 7) is 10.9. The number of fused-ring (bicyclic) bond motifs is 6. The molecule has 82 heavy (non-hydrogen) atoms. The van der Waals surface area contributed by atoms with E-state index in [9.17, 15) is 24.0 Å². The molecule has 1 amide bonds. The molecule has 0 fully saturated rings. The first kappa shape index (κ1) is 63.9. The first-order chi connectivity index (χ1) is 38.0. The quantitative estimate of drug-likeness (QED) is 0.0511. The van der Waals surface area contributed by atoms with Crippen LogP contribution in [0.2, 0.25) is 0 Å². The SMILES string of the molecule is Cc1n(CC2CCc3c(c4ccccc4n3C)C2=O)cc[n+]1COC(=O)C(CN)Cc1ccccc1.Cc1n(CC2CCc3c(c4ccccc4n3C)C2=O)cc[n+]1COC(=O)C(CNC(=O)OC(C)(C)C)Cc1ccccc1.Cl.Cl.Cl. The van der Waals surface area contributed by atoms with E-state index in [1.165, 1.54) is 0 Å². The molecule has 0 saturated heterocycles. The van der Waals surface area contributed by atoms with Gasteiger partial charge in [-0.2, -0.15) is 9.13 Å². The number of para-hydroxylation sites is 2. The molecule has 2 aliphatic rings. The molecule has 4 unspecified atom stereocenters. The summed E-state index contributed by atoms with van der Waals surface area (Å²) in [4.78, 5) is 65.4. The van der Waals surface area contributed by atoms with Crippen molar-refractivity contribution in [3.05, 3.63) is 179 Å². The molecule has 4 aromatic heterocycles. The third-order valence-corrected chi connectivity index (χ3v) is 15.7. The molecule has 10 rings (SSSR count). The molecule has 0 bridgehead atoms. The minimum atomic E-state index is -0.639. The summed E-state index contributed by atoms with van der Waals surface area (Å²) >= 11 is 0. The van der Waals surface area contributed by atoms with E-state index in [0.29, 0.717) is 25.9 Å². The Morgan fingerprint density at radius 3 is 1.45 bits per heavy atom. The number of esters is 2. The Morgan fingerprint density at radius 1 is 0.622 bits per heavy atom. The number of nitrogens with one attached hydrogen (secondary N) is 1. The van der Waals surface area contributed by atoms with Crippen LogP contribution in [0.15, 0.2) is 134 Å². The Hall–Kier alpha value is -7.24. The number of carbonyl (C=O) groups excluding carboxylic acids is 5. The zero-order chi connectivity index (χ0) is 56.0. The Bertz CT molecular complexity index is 3510. The van der Waals surface area contributed by atoms with Gasteiger partial charge >= 0.3 is 18.0 Å². The van der Waals surface area contributed by atoms with Crippen molar-refractivity contribution in [1.29, 1.82) is 0 Å². The molecule has 4 atom stereocenters. The zero-order valence-electron chi connectivity index (χ0n) is 47.7. The maximum atomic E-state index is 13.7. The Kier molecular flexibility index (Phi) is 22.0. The van der Waals surface area contributed by atoms with E-state index >= 15 is 0 Å². The minimum absolute atomic E-state index is 0. The fourth-order valence-corrected chi connectivity index (χ4v) is 11.2. The number of Topliss-reactive ketones (excluding diaryl/α,β-unsaturated/α-hetero) is 2. The molecule has 2 aliphatic carbocycles. The molecule has 436 valence electrons. The second-order valence-electron chi connectivity index (χ2n) is 22.0. The molecule has 0 radical (unpaired) electrons. The van der Waals surface area contributed by atoms with Crippen LogP contribution < -0.4 is 20.2 Å². The Morgan fingerprint density at radius 2 is 1.02 bits per heavy atom. The predicted molar refractivity (Wildman–Crippen MR) is 321 cm³/mol. The van der Waals surface area contributed by atoms with Gasteiger partial charge in [-0.3, -0.25) is 19.2 Å². The average Bonchev–Trinajstić information content (AvgIpc) is 4.16. The summed E-state index contributed by atoms with van der Waals surface area (Å²) in [5, 5.41) is 4.78. The van der Waals surface area contributed by atoms with E-state index in [1.807, 2.05) is 159 Å². The van der Waals surface area contributed by atoms with Crippen molar-refractivity contribution in [2.24, 2.45) is 43.5 Å². The summed E-state index contributed by atoms with van der Waals surface area (Å²) in [6, 6.07) is 35.7. The number of carbonyl (C=O) groups is 5. The number of nitrogens with two attached hydrogens (primary N) is 1. The second kappa shape index (κ2) is 28.2. The van der Waals surface area contributed by atoms with Crippen LogP contribution in [0.4, 0.5) is 4.79 Å². The molecule has 8 aromatic rings. The van der Waals surface area contributed by atoms with Gasteiger partial charge in [-0.15, -0.1) is 37.2 Å². The van der Waals surface area contributed by atoms with Crippen LogP contribution in [0.1, 0.15) is 88.5 Å². The molecular formula is C63H77Cl3N8O8+2. The lowest BCUT2D eigenvalue weighted by molar-refractivity contribution is -0.733. The molecule has 16 nitrogen and oxygen atoms in total. The highest BCUT2D eigenvalue weighted by molar-refractivity contribution is 6.12. The fourth-order valence-electron chi connectivity index (χ4n) is 11.2. The van der Waals surface area contributed by atoms with Gasteiger partial charge in [-0.1, -0.05) is 97.1 Å². The summed E-state index contributed by atoms with van der Waals surface area (Å²) in [5.74, 6) is 0.321. The number of rotatable bonds is 17. The smallest absolute Gasteiger partial charge is 0.407 e. The lowest BCUT2D eigenvalue weighted by Gasteiger charge is -2.21. The molecule has 19 heteroatoms. The van der Waals surface area contributed by atoms with E-state index in [1.54, 1.807) is 20.8 Å². The molecule has 0 aliphatic heterocycles. The number of alkyl carbamates (subject to hydrolysis) is 1. The molecule has 4 aromatic carbocycles. The number of benzene rings is 4. The van der Waals surface area contributed by atoms with Gasteiger partial charge < -0.3 is 34.4 Å². The average molecular weight is 1180 g/mol. The first-order valence-corrected chi connectivity index (χ1v) is 27.4. The molecule has 3 N–H and O–H groups in total. The van der Waals surface area contributed by atoms with E-state index in [0.717, 1.165) is 92.8 Å².